The summed E-state index contributed by atoms with van der Waals surface area (Å²) in [5.41, 5.74) is -2.32. The lowest BCUT2D eigenvalue weighted by Crippen LogP contribution is -2.51. The SMILES string of the molecule is CCCCCCCCCCCCCCCC(=O)OC[C@H](COP(=O)(O)OCCO/N=C/CN1CCN(C(=O)OC(C)(C)C)CCN(C(=O)OC(C)(C)C)CCN(C(=O)OC(C)(C)C)CC1)OC(=O)CCCCCCCCCCCCCCC. The monoisotopic (exact) mass is 1200 g/mol. The fourth-order valence-electron chi connectivity index (χ4n) is 9.02. The highest BCUT2D eigenvalue weighted by Crippen LogP contribution is 2.43. The zero-order valence-corrected chi connectivity index (χ0v) is 54.9. The molecule has 1 heterocycles. The molecule has 3 amide bonds. The van der Waals surface area contributed by atoms with Gasteiger partial charge in [-0.25, -0.2) is 18.9 Å². The highest BCUT2D eigenvalue weighted by atomic mass is 31.2. The summed E-state index contributed by atoms with van der Waals surface area (Å²) >= 11 is 0. The first-order chi connectivity index (χ1) is 39.3. The van der Waals surface area contributed by atoms with E-state index in [9.17, 15) is 33.4 Å². The molecule has 0 radical (unpaired) electrons. The first-order valence-electron chi connectivity index (χ1n) is 32.1. The van der Waals surface area contributed by atoms with Gasteiger partial charge in [-0.15, -0.1) is 0 Å². The number of amides is 3. The number of esters is 2. The molecule has 1 N–H and O–H groups in total. The van der Waals surface area contributed by atoms with Crippen molar-refractivity contribution in [2.24, 2.45) is 5.16 Å². The van der Waals surface area contributed by atoms with E-state index in [1.807, 2.05) is 4.90 Å². The number of oxime groups is 1. The maximum Gasteiger partial charge on any atom is 0.472 e. The molecule has 0 aromatic heterocycles. The number of nitrogens with zero attached hydrogens (tertiary/aromatic N) is 5. The molecule has 21 heteroatoms. The molecular formula is C62H118N5O15P. The lowest BCUT2D eigenvalue weighted by Gasteiger charge is -2.35. The molecule has 1 aliphatic heterocycles. The van der Waals surface area contributed by atoms with E-state index >= 15 is 0 Å². The van der Waals surface area contributed by atoms with Crippen LogP contribution in [0.25, 0.3) is 0 Å². The largest absolute Gasteiger partial charge is 0.472 e. The third-order valence-electron chi connectivity index (χ3n) is 13.6. The summed E-state index contributed by atoms with van der Waals surface area (Å²) in [4.78, 5) is 88.5. The minimum Gasteiger partial charge on any atom is -0.462 e. The van der Waals surface area contributed by atoms with Gasteiger partial charge < -0.3 is 48.1 Å². The number of unbranched alkanes of at least 4 members (excludes halogenated alkanes) is 24. The van der Waals surface area contributed by atoms with E-state index in [0.29, 0.717) is 25.9 Å². The fraction of sp³-hybridized carbons (Fsp3) is 0.903. The molecule has 0 spiro atoms. The molecule has 1 aliphatic rings. The molecule has 1 fully saturated rings. The lowest BCUT2D eigenvalue weighted by atomic mass is 10.0. The molecule has 2 atom stereocenters. The van der Waals surface area contributed by atoms with Gasteiger partial charge in [-0.05, 0) is 75.2 Å². The summed E-state index contributed by atoms with van der Waals surface area (Å²) in [7, 11) is -4.69. The molecular weight excluding hydrogens is 1090 g/mol. The topological polar surface area (TPSA) is 222 Å². The molecule has 1 saturated heterocycles. The third-order valence-corrected chi connectivity index (χ3v) is 14.6. The second-order valence-corrected chi connectivity index (χ2v) is 26.7. The van der Waals surface area contributed by atoms with Crippen molar-refractivity contribution >= 4 is 44.3 Å². The van der Waals surface area contributed by atoms with Crippen molar-refractivity contribution in [3.05, 3.63) is 0 Å². The summed E-state index contributed by atoms with van der Waals surface area (Å²) in [5, 5.41) is 4.02. The molecule has 20 nitrogen and oxygen atoms in total. The summed E-state index contributed by atoms with van der Waals surface area (Å²) < 4.78 is 51.7. The van der Waals surface area contributed by atoms with Crippen molar-refractivity contribution in [2.75, 3.05) is 85.3 Å². The minimum atomic E-state index is -4.69. The van der Waals surface area contributed by atoms with E-state index in [-0.39, 0.29) is 78.5 Å². The van der Waals surface area contributed by atoms with E-state index in [1.165, 1.54) is 136 Å². The van der Waals surface area contributed by atoms with Gasteiger partial charge in [-0.1, -0.05) is 173 Å². The molecule has 0 aliphatic carbocycles. The Balaban J connectivity index is 2.86. The number of hydrogen-bond acceptors (Lipinski definition) is 16. The second kappa shape index (κ2) is 45.6. The van der Waals surface area contributed by atoms with Crippen LogP contribution < -0.4 is 0 Å². The summed E-state index contributed by atoms with van der Waals surface area (Å²) in [6, 6.07) is 0. The van der Waals surface area contributed by atoms with Gasteiger partial charge in [0.15, 0.2) is 6.10 Å². The Labute approximate surface area is 502 Å². The predicted molar refractivity (Wildman–Crippen MR) is 327 cm³/mol. The number of phosphoric ester groups is 1. The van der Waals surface area contributed by atoms with Crippen molar-refractivity contribution < 1.29 is 71.0 Å². The third kappa shape index (κ3) is 46.2. The average Bonchev–Trinajstić information content (AvgIpc) is 3.42. The maximum absolute atomic E-state index is 13.5. The first-order valence-corrected chi connectivity index (χ1v) is 33.6. The number of carbonyl (C=O) groups is 5. The van der Waals surface area contributed by atoms with E-state index in [4.69, 9.17) is 37.6 Å². The van der Waals surface area contributed by atoms with E-state index in [1.54, 1.807) is 62.3 Å². The van der Waals surface area contributed by atoms with Gasteiger partial charge in [0, 0.05) is 71.7 Å². The van der Waals surface area contributed by atoms with Crippen molar-refractivity contribution in [1.82, 2.24) is 19.6 Å². The Morgan fingerprint density at radius 3 is 1.17 bits per heavy atom. The Morgan fingerprint density at radius 1 is 0.470 bits per heavy atom. The van der Waals surface area contributed by atoms with Crippen LogP contribution in [0.4, 0.5) is 14.4 Å². The van der Waals surface area contributed by atoms with Crippen LogP contribution in [0.15, 0.2) is 5.16 Å². The Morgan fingerprint density at radius 2 is 0.807 bits per heavy atom. The number of ether oxygens (including phenoxy) is 5. The van der Waals surface area contributed by atoms with E-state index in [2.05, 4.69) is 19.0 Å². The molecule has 486 valence electrons. The van der Waals surface area contributed by atoms with Gasteiger partial charge in [-0.3, -0.25) is 23.5 Å². The van der Waals surface area contributed by atoms with Gasteiger partial charge in [0.25, 0.3) is 0 Å². The Kier molecular flexibility index (Phi) is 42.5. The Bertz CT molecular complexity index is 1760. The van der Waals surface area contributed by atoms with Crippen LogP contribution in [-0.4, -0.2) is 169 Å². The second-order valence-electron chi connectivity index (χ2n) is 25.2. The number of phosphoric acid groups is 1. The van der Waals surface area contributed by atoms with Crippen molar-refractivity contribution in [3.63, 3.8) is 0 Å². The quantitative estimate of drug-likeness (QED) is 0.0150. The first kappa shape index (κ1) is 77.3. The van der Waals surface area contributed by atoms with Crippen LogP contribution in [0, 0.1) is 0 Å². The summed E-state index contributed by atoms with van der Waals surface area (Å²) in [5.74, 6) is -0.942. The summed E-state index contributed by atoms with van der Waals surface area (Å²) in [6.45, 7) is 20.7. The van der Waals surface area contributed by atoms with Crippen molar-refractivity contribution in [2.45, 2.75) is 279 Å². The highest BCUT2D eigenvalue weighted by molar-refractivity contribution is 7.47. The van der Waals surface area contributed by atoms with Crippen molar-refractivity contribution in [3.8, 4) is 0 Å². The summed E-state index contributed by atoms with van der Waals surface area (Å²) in [6.07, 6.45) is 29.7. The van der Waals surface area contributed by atoms with Gasteiger partial charge in [0.2, 0.25) is 0 Å². The molecule has 0 aromatic rings. The van der Waals surface area contributed by atoms with Crippen LogP contribution in [0.1, 0.15) is 256 Å². The molecule has 0 saturated carbocycles. The van der Waals surface area contributed by atoms with E-state index in [0.717, 1.165) is 38.5 Å². The van der Waals surface area contributed by atoms with Gasteiger partial charge in [-0.2, -0.15) is 0 Å². The smallest absolute Gasteiger partial charge is 0.462 e. The van der Waals surface area contributed by atoms with Gasteiger partial charge >= 0.3 is 38.0 Å². The van der Waals surface area contributed by atoms with Crippen molar-refractivity contribution in [1.29, 1.82) is 0 Å². The van der Waals surface area contributed by atoms with Gasteiger partial charge in [0.1, 0.15) is 30.0 Å². The predicted octanol–water partition coefficient (Wildman–Crippen LogP) is 14.6. The van der Waals surface area contributed by atoms with Crippen LogP contribution in [0.3, 0.4) is 0 Å². The standard InChI is InChI=1S/C62H118N5O15P/c1-12-14-16-18-20-22-24-26-28-30-32-34-36-38-55(68)75-52-54(79-56(69)39-37-35-33-31-29-27-25-23-21-19-17-15-13-2)53-78-83(73,74)77-51-50-76-63-40-41-64-42-44-65(57(70)80-60(3,4)5)46-48-67(59(72)82-62(9,10)11)49-47-66(45-43-64)58(71)81-61(6,7)8/h40,54H,12-39,41-53H2,1-11H3,(H,73,74)/b63-40+/t54-/m1/s1. The fourth-order valence-corrected chi connectivity index (χ4v) is 9.75. The molecule has 0 aromatic carbocycles. The zero-order chi connectivity index (χ0) is 61.8. The number of hydrogen-bond donors (Lipinski definition) is 1. The molecule has 1 unspecified atom stereocenters. The highest BCUT2D eigenvalue weighted by Gasteiger charge is 2.30. The van der Waals surface area contributed by atoms with E-state index < -0.39 is 67.6 Å². The molecule has 83 heavy (non-hydrogen) atoms. The minimum absolute atomic E-state index is 0.113. The average molecular weight is 1200 g/mol. The van der Waals surface area contributed by atoms with Crippen LogP contribution in [-0.2, 0) is 51.7 Å². The maximum atomic E-state index is 13.5. The normalized spacial score (nSPS) is 15.5. The Hall–Kier alpha value is -3.71. The number of rotatable bonds is 41. The van der Waals surface area contributed by atoms with Crippen LogP contribution >= 0.6 is 7.82 Å². The van der Waals surface area contributed by atoms with Gasteiger partial charge in [0.05, 0.1) is 19.4 Å². The zero-order valence-electron chi connectivity index (χ0n) is 54.0. The molecule has 0 bridgehead atoms. The molecule has 1 rings (SSSR count). The lowest BCUT2D eigenvalue weighted by molar-refractivity contribution is -0.161. The van der Waals surface area contributed by atoms with Crippen LogP contribution in [0.2, 0.25) is 0 Å². The number of carbonyl (C=O) groups excluding carboxylic acids is 5. The van der Waals surface area contributed by atoms with Crippen LogP contribution in [0.5, 0.6) is 0 Å².